The third-order valence-corrected chi connectivity index (χ3v) is 2.50. The Balaban J connectivity index is 2.31. The van der Waals surface area contributed by atoms with Gasteiger partial charge in [-0.05, 0) is 18.2 Å². The van der Waals surface area contributed by atoms with Crippen LogP contribution in [0, 0.1) is 5.82 Å². The van der Waals surface area contributed by atoms with Crippen LogP contribution in [-0.4, -0.2) is 9.97 Å². The van der Waals surface area contributed by atoms with Crippen LogP contribution in [0.25, 0.3) is 11.3 Å². The van der Waals surface area contributed by atoms with Gasteiger partial charge in [-0.3, -0.25) is 0 Å². The van der Waals surface area contributed by atoms with E-state index in [0.717, 1.165) is 0 Å². The fourth-order valence-corrected chi connectivity index (χ4v) is 1.74. The molecule has 1 aliphatic heterocycles. The van der Waals surface area contributed by atoms with Crippen molar-refractivity contribution in [3.05, 3.63) is 35.5 Å². The van der Waals surface area contributed by atoms with Crippen LogP contribution in [0.3, 0.4) is 0 Å². The minimum absolute atomic E-state index is 0.289. The van der Waals surface area contributed by atoms with E-state index in [2.05, 4.69) is 15.3 Å². The molecule has 1 radical (unpaired) electrons. The Hall–Kier alpha value is -1.68. The van der Waals surface area contributed by atoms with E-state index in [9.17, 15) is 4.39 Å². The lowest BCUT2D eigenvalue weighted by molar-refractivity contribution is 0.628. The van der Waals surface area contributed by atoms with E-state index in [0.29, 0.717) is 22.6 Å². The first-order valence-electron chi connectivity index (χ1n) is 4.28. The van der Waals surface area contributed by atoms with Gasteiger partial charge in [-0.25, -0.2) is 19.7 Å². The Morgan fingerprint density at radius 1 is 1.20 bits per heavy atom. The molecule has 5 heteroatoms. The molecule has 0 amide bonds. The van der Waals surface area contributed by atoms with Crippen molar-refractivity contribution < 1.29 is 4.39 Å². The van der Waals surface area contributed by atoms with Crippen LogP contribution in [0.2, 0.25) is 5.15 Å². The summed E-state index contributed by atoms with van der Waals surface area (Å²) in [6.45, 7) is 0. The highest BCUT2D eigenvalue weighted by Gasteiger charge is 2.24. The van der Waals surface area contributed by atoms with E-state index >= 15 is 0 Å². The third kappa shape index (κ3) is 1.18. The molecule has 73 valence electrons. The quantitative estimate of drug-likeness (QED) is 0.547. The number of rotatable bonds is 0. The number of nitrogens with zero attached hydrogens (tertiary/aromatic N) is 3. The largest absolute Gasteiger partial charge is 0.243 e. The van der Waals surface area contributed by atoms with E-state index in [1.165, 1.54) is 18.5 Å². The summed E-state index contributed by atoms with van der Waals surface area (Å²) < 4.78 is 13.0. The lowest BCUT2D eigenvalue weighted by Crippen LogP contribution is -1.87. The summed E-state index contributed by atoms with van der Waals surface area (Å²) in [5.41, 5.74) is 2.44. The van der Waals surface area contributed by atoms with Crippen molar-refractivity contribution in [1.82, 2.24) is 15.3 Å². The summed E-state index contributed by atoms with van der Waals surface area (Å²) in [7, 11) is 0. The van der Waals surface area contributed by atoms with Crippen LogP contribution in [0.1, 0.15) is 0 Å². The Bertz CT molecular complexity index is 556. The van der Waals surface area contributed by atoms with E-state index < -0.39 is 0 Å². The minimum atomic E-state index is -0.313. The summed E-state index contributed by atoms with van der Waals surface area (Å²) in [5.74, 6) is -0.313. The lowest BCUT2D eigenvalue weighted by atomic mass is 10.1. The second-order valence-electron chi connectivity index (χ2n) is 3.13. The zero-order chi connectivity index (χ0) is 10.4. The average Bonchev–Trinajstić information content (AvgIpc) is 2.58. The van der Waals surface area contributed by atoms with E-state index in [-0.39, 0.29) is 11.0 Å². The predicted octanol–water partition coefficient (Wildman–Crippen LogP) is 2.82. The van der Waals surface area contributed by atoms with Gasteiger partial charge in [0.1, 0.15) is 23.5 Å². The van der Waals surface area contributed by atoms with Crippen LogP contribution >= 0.6 is 11.6 Å². The Morgan fingerprint density at radius 2 is 2.07 bits per heavy atom. The topological polar surface area (TPSA) is 39.9 Å². The molecule has 2 heterocycles. The maximum absolute atomic E-state index is 13.0. The van der Waals surface area contributed by atoms with Crippen LogP contribution in [0.4, 0.5) is 15.8 Å². The predicted molar refractivity (Wildman–Crippen MR) is 53.9 cm³/mol. The summed E-state index contributed by atoms with van der Waals surface area (Å²) in [6, 6.07) is 4.35. The van der Waals surface area contributed by atoms with Gasteiger partial charge in [0.05, 0.1) is 5.69 Å². The average molecular weight is 221 g/mol. The monoisotopic (exact) mass is 220 g/mol. The summed E-state index contributed by atoms with van der Waals surface area (Å²) >= 11 is 5.86. The molecule has 3 rings (SSSR count). The van der Waals surface area contributed by atoms with Crippen molar-refractivity contribution in [3.8, 4) is 11.3 Å². The summed E-state index contributed by atoms with van der Waals surface area (Å²) in [4.78, 5) is 7.87. The van der Waals surface area contributed by atoms with Gasteiger partial charge in [0, 0.05) is 5.56 Å². The molecule has 2 aromatic rings. The summed E-state index contributed by atoms with van der Waals surface area (Å²) in [6.07, 6.45) is 1.34. The number of fused-ring (bicyclic) bond motifs is 3. The highest BCUT2D eigenvalue weighted by atomic mass is 35.5. The molecule has 0 aliphatic carbocycles. The highest BCUT2D eigenvalue weighted by Crippen LogP contribution is 2.43. The molecular weight excluding hydrogens is 217 g/mol. The van der Waals surface area contributed by atoms with E-state index in [1.807, 2.05) is 0 Å². The Labute approximate surface area is 89.9 Å². The Morgan fingerprint density at radius 3 is 2.93 bits per heavy atom. The van der Waals surface area contributed by atoms with Crippen molar-refractivity contribution in [1.29, 1.82) is 0 Å². The SMILES string of the molecule is Fc1ccc2c(c1)-c1ncnc(Cl)c1[N]2. The van der Waals surface area contributed by atoms with Crippen molar-refractivity contribution in [3.63, 3.8) is 0 Å². The van der Waals surface area contributed by atoms with Gasteiger partial charge in [0.2, 0.25) is 0 Å². The van der Waals surface area contributed by atoms with E-state index in [4.69, 9.17) is 11.6 Å². The molecule has 0 atom stereocenters. The third-order valence-electron chi connectivity index (χ3n) is 2.22. The standard InChI is InChI=1S/C10H4ClFN3/c11-10-9-8(13-4-14-10)6-3-5(12)1-2-7(6)15-9/h1-4H. The fourth-order valence-electron chi connectivity index (χ4n) is 1.57. The van der Waals surface area contributed by atoms with Gasteiger partial charge < -0.3 is 0 Å². The molecular formula is C10H4ClFN3. The number of hydrogen-bond acceptors (Lipinski definition) is 2. The Kier molecular flexibility index (Phi) is 1.67. The molecule has 0 N–H and O–H groups in total. The van der Waals surface area contributed by atoms with Gasteiger partial charge >= 0.3 is 0 Å². The van der Waals surface area contributed by atoms with Crippen LogP contribution < -0.4 is 5.32 Å². The van der Waals surface area contributed by atoms with Crippen molar-refractivity contribution in [2.75, 3.05) is 0 Å². The molecule has 1 aromatic heterocycles. The molecule has 0 unspecified atom stereocenters. The van der Waals surface area contributed by atoms with Gasteiger partial charge in [0.25, 0.3) is 0 Å². The van der Waals surface area contributed by atoms with Gasteiger partial charge in [-0.1, -0.05) is 11.6 Å². The second-order valence-corrected chi connectivity index (χ2v) is 3.49. The molecule has 3 nitrogen and oxygen atoms in total. The normalized spacial score (nSPS) is 11.9. The summed E-state index contributed by atoms with van der Waals surface area (Å²) in [5, 5.41) is 4.52. The maximum atomic E-state index is 13.0. The highest BCUT2D eigenvalue weighted by molar-refractivity contribution is 6.32. The van der Waals surface area contributed by atoms with Crippen molar-refractivity contribution >= 4 is 23.0 Å². The molecule has 0 saturated carbocycles. The number of hydrogen-bond donors (Lipinski definition) is 0. The molecule has 1 aliphatic rings. The molecule has 15 heavy (non-hydrogen) atoms. The van der Waals surface area contributed by atoms with Crippen LogP contribution in [-0.2, 0) is 0 Å². The number of aromatic nitrogens is 2. The molecule has 0 bridgehead atoms. The van der Waals surface area contributed by atoms with Gasteiger partial charge in [-0.15, -0.1) is 0 Å². The van der Waals surface area contributed by atoms with Crippen molar-refractivity contribution in [2.45, 2.75) is 0 Å². The molecule has 0 saturated heterocycles. The first-order chi connectivity index (χ1) is 7.25. The second kappa shape index (κ2) is 2.90. The van der Waals surface area contributed by atoms with E-state index in [1.54, 1.807) is 6.07 Å². The zero-order valence-electron chi connectivity index (χ0n) is 7.41. The maximum Gasteiger partial charge on any atom is 0.158 e. The zero-order valence-corrected chi connectivity index (χ0v) is 8.16. The minimum Gasteiger partial charge on any atom is -0.243 e. The molecule has 0 spiro atoms. The number of benzene rings is 1. The number of halogens is 2. The fraction of sp³-hybridized carbons (Fsp3) is 0. The first kappa shape index (κ1) is 8.61. The lowest BCUT2D eigenvalue weighted by Gasteiger charge is -1.96. The smallest absolute Gasteiger partial charge is 0.158 e. The van der Waals surface area contributed by atoms with Crippen LogP contribution in [0.5, 0.6) is 0 Å². The first-order valence-corrected chi connectivity index (χ1v) is 4.65. The molecule has 0 fully saturated rings. The van der Waals surface area contributed by atoms with Crippen molar-refractivity contribution in [2.24, 2.45) is 0 Å². The van der Waals surface area contributed by atoms with Gasteiger partial charge in [-0.2, -0.15) is 0 Å². The molecule has 1 aromatic carbocycles. The van der Waals surface area contributed by atoms with Gasteiger partial charge in [0.15, 0.2) is 5.15 Å². The van der Waals surface area contributed by atoms with Crippen LogP contribution in [0.15, 0.2) is 24.5 Å².